The van der Waals surface area contributed by atoms with Crippen molar-refractivity contribution in [3.8, 4) is 0 Å². The molecule has 0 bridgehead atoms. The van der Waals surface area contributed by atoms with Gasteiger partial charge in [-0.1, -0.05) is 0 Å². The number of rotatable bonds is 3. The van der Waals surface area contributed by atoms with Crippen LogP contribution in [-0.4, -0.2) is 22.8 Å². The Kier molecular flexibility index (Phi) is 2.62. The molecule has 1 aromatic carbocycles. The highest BCUT2D eigenvalue weighted by Gasteiger charge is 2.14. The van der Waals surface area contributed by atoms with Crippen molar-refractivity contribution in [1.82, 2.24) is 4.57 Å². The van der Waals surface area contributed by atoms with Crippen LogP contribution in [0.1, 0.15) is 10.5 Å². The standard InChI is InChI=1S/C11H10FNO3/c1-16-6-13-9-5-8(12)3-2-7(9)4-10(13)11(14)15/h2-5H,6H2,1H3,(H,14,15). The first kappa shape index (κ1) is 10.6. The highest BCUT2D eigenvalue weighted by atomic mass is 19.1. The number of hydrogen-bond acceptors (Lipinski definition) is 2. The molecule has 0 atom stereocenters. The van der Waals surface area contributed by atoms with Crippen LogP contribution in [0, 0.1) is 5.82 Å². The highest BCUT2D eigenvalue weighted by Crippen LogP contribution is 2.21. The summed E-state index contributed by atoms with van der Waals surface area (Å²) in [5.41, 5.74) is 0.599. The number of carbonyl (C=O) groups is 1. The molecule has 0 aliphatic carbocycles. The molecule has 0 saturated heterocycles. The van der Waals surface area contributed by atoms with E-state index in [0.29, 0.717) is 10.9 Å². The Bertz CT molecular complexity index is 547. The minimum absolute atomic E-state index is 0.0780. The number of benzene rings is 1. The first-order chi connectivity index (χ1) is 7.63. The molecule has 0 fully saturated rings. The van der Waals surface area contributed by atoms with E-state index >= 15 is 0 Å². The molecule has 5 heteroatoms. The third-order valence-corrected chi connectivity index (χ3v) is 2.34. The first-order valence-electron chi connectivity index (χ1n) is 4.64. The van der Waals surface area contributed by atoms with Gasteiger partial charge in [-0.05, 0) is 24.3 Å². The van der Waals surface area contributed by atoms with Gasteiger partial charge in [-0.3, -0.25) is 0 Å². The van der Waals surface area contributed by atoms with Crippen LogP contribution >= 0.6 is 0 Å². The molecular weight excluding hydrogens is 213 g/mol. The summed E-state index contributed by atoms with van der Waals surface area (Å²) in [4.78, 5) is 11.0. The molecule has 0 radical (unpaired) electrons. The van der Waals surface area contributed by atoms with Crippen LogP contribution < -0.4 is 0 Å². The van der Waals surface area contributed by atoms with E-state index < -0.39 is 11.8 Å². The van der Waals surface area contributed by atoms with Gasteiger partial charge < -0.3 is 14.4 Å². The second-order valence-corrected chi connectivity index (χ2v) is 3.38. The van der Waals surface area contributed by atoms with Crippen molar-refractivity contribution in [1.29, 1.82) is 0 Å². The predicted molar refractivity (Wildman–Crippen MR) is 55.9 cm³/mol. The zero-order valence-corrected chi connectivity index (χ0v) is 8.61. The van der Waals surface area contributed by atoms with Crippen molar-refractivity contribution in [2.24, 2.45) is 0 Å². The molecular formula is C11H10FNO3. The van der Waals surface area contributed by atoms with Gasteiger partial charge in [0.05, 0.1) is 5.52 Å². The van der Waals surface area contributed by atoms with Crippen molar-refractivity contribution < 1.29 is 19.0 Å². The fourth-order valence-corrected chi connectivity index (χ4v) is 1.67. The number of halogens is 1. The second kappa shape index (κ2) is 3.94. The molecule has 0 unspecified atom stereocenters. The van der Waals surface area contributed by atoms with Crippen LogP contribution in [0.25, 0.3) is 10.9 Å². The molecule has 0 aliphatic heterocycles. The lowest BCUT2D eigenvalue weighted by Gasteiger charge is -2.06. The Morgan fingerprint density at radius 2 is 2.25 bits per heavy atom. The van der Waals surface area contributed by atoms with Gasteiger partial charge in [-0.2, -0.15) is 0 Å². The first-order valence-corrected chi connectivity index (χ1v) is 4.64. The van der Waals surface area contributed by atoms with Gasteiger partial charge in [0.1, 0.15) is 18.2 Å². The van der Waals surface area contributed by atoms with Crippen molar-refractivity contribution in [3.05, 3.63) is 35.8 Å². The summed E-state index contributed by atoms with van der Waals surface area (Å²) in [5.74, 6) is -1.46. The van der Waals surface area contributed by atoms with Crippen molar-refractivity contribution in [3.63, 3.8) is 0 Å². The van der Waals surface area contributed by atoms with E-state index in [4.69, 9.17) is 9.84 Å². The summed E-state index contributed by atoms with van der Waals surface area (Å²) in [7, 11) is 1.46. The maximum atomic E-state index is 13.1. The second-order valence-electron chi connectivity index (χ2n) is 3.38. The van der Waals surface area contributed by atoms with E-state index in [1.807, 2.05) is 0 Å². The average molecular weight is 223 g/mol. The summed E-state index contributed by atoms with van der Waals surface area (Å²) in [6.45, 7) is 0.0780. The van der Waals surface area contributed by atoms with E-state index in [1.54, 1.807) is 6.07 Å². The monoisotopic (exact) mass is 223 g/mol. The van der Waals surface area contributed by atoms with Gasteiger partial charge in [0.15, 0.2) is 0 Å². The Hall–Kier alpha value is -1.88. The average Bonchev–Trinajstić information content (AvgIpc) is 2.58. The number of methoxy groups -OCH3 is 1. The lowest BCUT2D eigenvalue weighted by atomic mass is 10.2. The maximum Gasteiger partial charge on any atom is 0.352 e. The van der Waals surface area contributed by atoms with Gasteiger partial charge >= 0.3 is 5.97 Å². The number of hydrogen-bond donors (Lipinski definition) is 1. The lowest BCUT2D eigenvalue weighted by molar-refractivity contribution is 0.0664. The molecule has 2 rings (SSSR count). The van der Waals surface area contributed by atoms with E-state index in [9.17, 15) is 9.18 Å². The smallest absolute Gasteiger partial charge is 0.352 e. The molecule has 84 valence electrons. The minimum atomic E-state index is -1.06. The quantitative estimate of drug-likeness (QED) is 0.866. The number of aromatic nitrogens is 1. The normalized spacial score (nSPS) is 10.9. The molecule has 4 nitrogen and oxygen atoms in total. The summed E-state index contributed by atoms with van der Waals surface area (Å²) in [6, 6.07) is 5.63. The Morgan fingerprint density at radius 1 is 1.50 bits per heavy atom. The molecule has 16 heavy (non-hydrogen) atoms. The molecule has 0 spiro atoms. The van der Waals surface area contributed by atoms with Crippen molar-refractivity contribution >= 4 is 16.9 Å². The van der Waals surface area contributed by atoms with Crippen LogP contribution in [0.2, 0.25) is 0 Å². The van der Waals surface area contributed by atoms with Crippen LogP contribution in [-0.2, 0) is 11.5 Å². The Labute approximate surface area is 90.9 Å². The topological polar surface area (TPSA) is 51.5 Å². The van der Waals surface area contributed by atoms with Crippen LogP contribution in [0.5, 0.6) is 0 Å². The maximum absolute atomic E-state index is 13.1. The molecule has 0 amide bonds. The van der Waals surface area contributed by atoms with Gasteiger partial charge in [0.25, 0.3) is 0 Å². The summed E-state index contributed by atoms with van der Waals surface area (Å²) in [6.07, 6.45) is 0. The lowest BCUT2D eigenvalue weighted by Crippen LogP contribution is -2.09. The van der Waals surface area contributed by atoms with Crippen molar-refractivity contribution in [2.75, 3.05) is 7.11 Å². The van der Waals surface area contributed by atoms with Crippen molar-refractivity contribution in [2.45, 2.75) is 6.73 Å². The Morgan fingerprint density at radius 3 is 2.88 bits per heavy atom. The fraction of sp³-hybridized carbons (Fsp3) is 0.182. The molecule has 1 aromatic heterocycles. The highest BCUT2D eigenvalue weighted by molar-refractivity contribution is 5.94. The third-order valence-electron chi connectivity index (χ3n) is 2.34. The zero-order chi connectivity index (χ0) is 11.7. The number of carboxylic acid groups (broad SMARTS) is 1. The number of aromatic carboxylic acids is 1. The van der Waals surface area contributed by atoms with E-state index in [-0.39, 0.29) is 12.4 Å². The molecule has 1 N–H and O–H groups in total. The third kappa shape index (κ3) is 1.65. The number of ether oxygens (including phenoxy) is 1. The van der Waals surface area contributed by atoms with Crippen LogP contribution in [0.4, 0.5) is 4.39 Å². The van der Waals surface area contributed by atoms with Gasteiger partial charge in [0, 0.05) is 12.5 Å². The van der Waals surface area contributed by atoms with Gasteiger partial charge in [0.2, 0.25) is 0 Å². The van der Waals surface area contributed by atoms with Gasteiger partial charge in [-0.15, -0.1) is 0 Å². The molecule has 0 saturated carbocycles. The summed E-state index contributed by atoms with van der Waals surface area (Å²) < 4.78 is 19.4. The molecule has 2 aromatic rings. The Balaban J connectivity index is 2.71. The minimum Gasteiger partial charge on any atom is -0.477 e. The molecule has 1 heterocycles. The summed E-state index contributed by atoms with van der Waals surface area (Å²) in [5, 5.41) is 9.67. The predicted octanol–water partition coefficient (Wildman–Crippen LogP) is 2.08. The van der Waals surface area contributed by atoms with Crippen LogP contribution in [0.15, 0.2) is 24.3 Å². The number of carboxylic acids is 1. The van der Waals surface area contributed by atoms with E-state index in [0.717, 1.165) is 0 Å². The molecule has 0 aliphatic rings. The van der Waals surface area contributed by atoms with E-state index in [2.05, 4.69) is 0 Å². The number of fused-ring (bicyclic) bond motifs is 1. The van der Waals surface area contributed by atoms with Gasteiger partial charge in [-0.25, -0.2) is 9.18 Å². The SMILES string of the molecule is COCn1c(C(=O)O)cc2ccc(F)cc21. The number of nitrogens with zero attached hydrogens (tertiary/aromatic N) is 1. The largest absolute Gasteiger partial charge is 0.477 e. The van der Waals surface area contributed by atoms with E-state index in [1.165, 1.54) is 29.9 Å². The van der Waals surface area contributed by atoms with Crippen LogP contribution in [0.3, 0.4) is 0 Å². The zero-order valence-electron chi connectivity index (χ0n) is 8.61. The summed E-state index contributed by atoms with van der Waals surface area (Å²) >= 11 is 0. The fourth-order valence-electron chi connectivity index (χ4n) is 1.67.